The van der Waals surface area contributed by atoms with Crippen LogP contribution in [0.3, 0.4) is 0 Å². The molecule has 0 saturated heterocycles. The molecule has 2 amide bonds. The summed E-state index contributed by atoms with van der Waals surface area (Å²) in [7, 11) is 0. The van der Waals surface area contributed by atoms with Gasteiger partial charge in [0.05, 0.1) is 0 Å². The predicted molar refractivity (Wildman–Crippen MR) is 50.3 cm³/mol. The Morgan fingerprint density at radius 1 is 1.36 bits per heavy atom. The van der Waals surface area contributed by atoms with Crippen LogP contribution in [0.4, 0.5) is 4.79 Å². The molecule has 5 rings (SSSR count). The topological polar surface area (TPSA) is 67.5 Å². The highest BCUT2D eigenvalue weighted by Crippen LogP contribution is 2.80. The average Bonchev–Trinajstić information content (AvgIpc) is 2.57. The molecule has 5 fully saturated rings. The molecule has 0 spiro atoms. The monoisotopic (exact) mass is 191 g/mol. The van der Waals surface area contributed by atoms with E-state index in [0.29, 0.717) is 5.92 Å². The van der Waals surface area contributed by atoms with E-state index >= 15 is 0 Å². The number of nitrogens with one attached hydrogen (secondary N) is 1. The summed E-state index contributed by atoms with van der Waals surface area (Å²) in [5, 5.41) is 4.15. The highest BCUT2D eigenvalue weighted by Gasteiger charge is 2.77. The molecule has 14 heavy (non-hydrogen) atoms. The van der Waals surface area contributed by atoms with Gasteiger partial charge in [-0.05, 0) is 42.4 Å². The van der Waals surface area contributed by atoms with Gasteiger partial charge in [0.1, 0.15) is 0 Å². The van der Waals surface area contributed by atoms with Gasteiger partial charge >= 0.3 is 6.03 Å². The Labute approximate surface area is 81.9 Å². The molecule has 3 N–H and O–H groups in total. The zero-order chi connectivity index (χ0) is 9.45. The number of amides is 2. The third-order valence-corrected chi connectivity index (χ3v) is 4.90. The number of carbonyl (C=O) groups is 1. The van der Waals surface area contributed by atoms with Gasteiger partial charge in [0.15, 0.2) is 0 Å². The van der Waals surface area contributed by atoms with E-state index in [0.717, 1.165) is 36.0 Å². The molecule has 6 bridgehead atoms. The molecular weight excluding hydrogens is 178 g/mol. The maximum Gasteiger partial charge on any atom is 0.332 e. The molecule has 4 nitrogen and oxygen atoms in total. The predicted octanol–water partition coefficient (Wildman–Crippen LogP) is 0.542. The van der Waals surface area contributed by atoms with E-state index in [1.165, 1.54) is 12.1 Å². The van der Waals surface area contributed by atoms with Crippen LogP contribution in [0.25, 0.3) is 0 Å². The summed E-state index contributed by atoms with van der Waals surface area (Å²) < 4.78 is 0. The lowest BCUT2D eigenvalue weighted by molar-refractivity contribution is 0.249. The van der Waals surface area contributed by atoms with E-state index in [1.807, 2.05) is 0 Å². The summed E-state index contributed by atoms with van der Waals surface area (Å²) in [6.07, 6.45) is 2.55. The Balaban J connectivity index is 1.62. The molecular formula is C10H13N3O. The fourth-order valence-corrected chi connectivity index (χ4v) is 4.71. The molecule has 6 atom stereocenters. The zero-order valence-corrected chi connectivity index (χ0v) is 7.81. The number of nitrogens with zero attached hydrogens (tertiary/aromatic N) is 1. The van der Waals surface area contributed by atoms with Crippen molar-refractivity contribution in [3.8, 4) is 0 Å². The normalized spacial score (nSPS) is 58.1. The first-order chi connectivity index (χ1) is 6.77. The highest BCUT2D eigenvalue weighted by molar-refractivity contribution is 5.93. The SMILES string of the molecule is NC(=O)N/N=C1/C[C@H]2[C@H]3C[C@H]4[C@@H]2[C@@H]4[C@@H]13. The van der Waals surface area contributed by atoms with Crippen LogP contribution >= 0.6 is 0 Å². The van der Waals surface area contributed by atoms with Gasteiger partial charge in [0.25, 0.3) is 0 Å². The van der Waals surface area contributed by atoms with Crippen molar-refractivity contribution >= 4 is 11.7 Å². The number of nitrogens with two attached hydrogens (primary N) is 1. The Morgan fingerprint density at radius 3 is 2.79 bits per heavy atom. The summed E-state index contributed by atoms with van der Waals surface area (Å²) in [6.45, 7) is 0. The Bertz CT molecular complexity index is 364. The van der Waals surface area contributed by atoms with Crippen LogP contribution in [-0.2, 0) is 0 Å². The largest absolute Gasteiger partial charge is 0.350 e. The summed E-state index contributed by atoms with van der Waals surface area (Å²) >= 11 is 0. The first kappa shape index (κ1) is 7.26. The molecule has 5 saturated carbocycles. The lowest BCUT2D eigenvalue weighted by Gasteiger charge is -2.10. The molecule has 0 radical (unpaired) electrons. The van der Waals surface area contributed by atoms with E-state index in [-0.39, 0.29) is 0 Å². The third kappa shape index (κ3) is 0.615. The first-order valence-corrected chi connectivity index (χ1v) is 5.39. The first-order valence-electron chi connectivity index (χ1n) is 5.39. The summed E-state index contributed by atoms with van der Waals surface area (Å²) in [6, 6.07) is -0.542. The van der Waals surface area contributed by atoms with Crippen molar-refractivity contribution in [3.63, 3.8) is 0 Å². The van der Waals surface area contributed by atoms with Crippen molar-refractivity contribution in [2.45, 2.75) is 12.8 Å². The lowest BCUT2D eigenvalue weighted by atomic mass is 9.98. The van der Waals surface area contributed by atoms with Crippen LogP contribution in [0.1, 0.15) is 12.8 Å². The van der Waals surface area contributed by atoms with E-state index in [9.17, 15) is 4.79 Å². The van der Waals surface area contributed by atoms with Gasteiger partial charge in [-0.1, -0.05) is 0 Å². The number of rotatable bonds is 1. The van der Waals surface area contributed by atoms with Crippen LogP contribution in [-0.4, -0.2) is 11.7 Å². The van der Waals surface area contributed by atoms with Crippen molar-refractivity contribution in [2.24, 2.45) is 46.3 Å². The average molecular weight is 191 g/mol. The van der Waals surface area contributed by atoms with Crippen molar-refractivity contribution in [1.82, 2.24) is 5.43 Å². The standard InChI is InChI=1S/C10H13N3O/c11-10(14)13-12-6-2-4-3-1-5-7(4)9(5)8(3)6/h3-5,7-9H,1-2H2,(H3,11,13,14)/b12-6-/t3-,4+,5+,7-,8-,9-/m1/s1. The van der Waals surface area contributed by atoms with Crippen LogP contribution < -0.4 is 11.2 Å². The van der Waals surface area contributed by atoms with Gasteiger partial charge in [-0.25, -0.2) is 10.2 Å². The van der Waals surface area contributed by atoms with Gasteiger partial charge in [-0.2, -0.15) is 5.10 Å². The molecule has 0 unspecified atom stereocenters. The van der Waals surface area contributed by atoms with Gasteiger partial charge < -0.3 is 5.73 Å². The third-order valence-electron chi connectivity index (χ3n) is 4.90. The van der Waals surface area contributed by atoms with Crippen LogP contribution in [0.5, 0.6) is 0 Å². The van der Waals surface area contributed by atoms with Crippen molar-refractivity contribution in [3.05, 3.63) is 0 Å². The minimum Gasteiger partial charge on any atom is -0.350 e. The number of carbonyl (C=O) groups excluding carboxylic acids is 1. The summed E-state index contributed by atoms with van der Waals surface area (Å²) in [5.41, 5.74) is 8.60. The van der Waals surface area contributed by atoms with E-state index in [2.05, 4.69) is 10.5 Å². The second-order valence-corrected chi connectivity index (χ2v) is 5.19. The quantitative estimate of drug-likeness (QED) is 0.584. The maximum absolute atomic E-state index is 10.6. The zero-order valence-electron chi connectivity index (χ0n) is 7.81. The van der Waals surface area contributed by atoms with Crippen molar-refractivity contribution < 1.29 is 4.79 Å². The second-order valence-electron chi connectivity index (χ2n) is 5.19. The molecule has 74 valence electrons. The highest BCUT2D eigenvalue weighted by atomic mass is 16.2. The molecule has 5 aliphatic carbocycles. The Hall–Kier alpha value is -1.06. The van der Waals surface area contributed by atoms with E-state index < -0.39 is 6.03 Å². The number of hydrogen-bond acceptors (Lipinski definition) is 2. The number of hydrogen-bond donors (Lipinski definition) is 2. The lowest BCUT2D eigenvalue weighted by Crippen LogP contribution is -2.27. The molecule has 0 aromatic rings. The molecule has 0 aliphatic heterocycles. The van der Waals surface area contributed by atoms with Crippen molar-refractivity contribution in [2.75, 3.05) is 0 Å². The van der Waals surface area contributed by atoms with Crippen LogP contribution in [0.2, 0.25) is 0 Å². The second kappa shape index (κ2) is 1.97. The Morgan fingerprint density at radius 2 is 2.21 bits per heavy atom. The number of primary amides is 1. The van der Waals surface area contributed by atoms with Gasteiger partial charge in [0, 0.05) is 11.6 Å². The molecule has 0 heterocycles. The summed E-state index contributed by atoms with van der Waals surface area (Å²) in [5.74, 6) is 5.52. The maximum atomic E-state index is 10.6. The van der Waals surface area contributed by atoms with E-state index in [1.54, 1.807) is 0 Å². The van der Waals surface area contributed by atoms with Gasteiger partial charge in [-0.15, -0.1) is 0 Å². The van der Waals surface area contributed by atoms with Gasteiger partial charge in [-0.3, -0.25) is 0 Å². The summed E-state index contributed by atoms with van der Waals surface area (Å²) in [4.78, 5) is 10.6. The fraction of sp³-hybridized carbons (Fsp3) is 0.800. The molecule has 5 aliphatic rings. The molecule has 0 aromatic carbocycles. The van der Waals surface area contributed by atoms with Crippen LogP contribution in [0.15, 0.2) is 5.10 Å². The van der Waals surface area contributed by atoms with Crippen molar-refractivity contribution in [1.29, 1.82) is 0 Å². The molecule has 0 aromatic heterocycles. The minimum absolute atomic E-state index is 0.542. The fourth-order valence-electron chi connectivity index (χ4n) is 4.71. The van der Waals surface area contributed by atoms with Gasteiger partial charge in [0.2, 0.25) is 0 Å². The van der Waals surface area contributed by atoms with Crippen LogP contribution in [0, 0.1) is 35.5 Å². The number of urea groups is 1. The molecule has 4 heteroatoms. The Kier molecular flexibility index (Phi) is 1.02. The van der Waals surface area contributed by atoms with E-state index in [4.69, 9.17) is 5.73 Å². The smallest absolute Gasteiger partial charge is 0.332 e. The number of hydrazone groups is 1. The minimum atomic E-state index is -0.542.